The van der Waals surface area contributed by atoms with Crippen LogP contribution in [0.2, 0.25) is 0 Å². The zero-order chi connectivity index (χ0) is 11.4. The van der Waals surface area contributed by atoms with Crippen molar-refractivity contribution in [2.24, 2.45) is 0 Å². The van der Waals surface area contributed by atoms with E-state index in [2.05, 4.69) is 12.6 Å². The first-order valence-electron chi connectivity index (χ1n) is 4.50. The van der Waals surface area contributed by atoms with Crippen LogP contribution in [-0.4, -0.2) is 29.2 Å². The maximum atomic E-state index is 9.76. The molecule has 2 atom stereocenters. The summed E-state index contributed by atoms with van der Waals surface area (Å²) < 4.78 is 5.01. The highest BCUT2D eigenvalue weighted by molar-refractivity contribution is 7.80. The van der Waals surface area contributed by atoms with Crippen LogP contribution in [0, 0.1) is 0 Å². The van der Waals surface area contributed by atoms with Gasteiger partial charge in [0.15, 0.2) is 0 Å². The zero-order valence-electron chi connectivity index (χ0n) is 8.42. The van der Waals surface area contributed by atoms with Crippen LogP contribution in [0.15, 0.2) is 18.2 Å². The molecule has 0 aromatic heterocycles. The van der Waals surface area contributed by atoms with Gasteiger partial charge in [-0.05, 0) is 18.2 Å². The fourth-order valence-electron chi connectivity index (χ4n) is 1.24. The third kappa shape index (κ3) is 2.77. The van der Waals surface area contributed by atoms with E-state index in [4.69, 9.17) is 10.5 Å². The Balaban J connectivity index is 3.01. The summed E-state index contributed by atoms with van der Waals surface area (Å²) in [5.74, 6) is 0.752. The molecule has 5 heteroatoms. The normalized spacial score (nSPS) is 14.7. The largest absolute Gasteiger partial charge is 0.497 e. The predicted molar refractivity (Wildman–Crippen MR) is 62.2 cm³/mol. The quantitative estimate of drug-likeness (QED) is 0.450. The van der Waals surface area contributed by atoms with Crippen LogP contribution in [0.1, 0.15) is 11.7 Å². The lowest BCUT2D eigenvalue weighted by atomic mass is 10.0. The zero-order valence-corrected chi connectivity index (χ0v) is 9.32. The van der Waals surface area contributed by atoms with E-state index in [-0.39, 0.29) is 5.75 Å². The average molecular weight is 229 g/mol. The summed E-state index contributed by atoms with van der Waals surface area (Å²) in [5.41, 5.74) is 6.56. The van der Waals surface area contributed by atoms with Crippen LogP contribution in [0.3, 0.4) is 0 Å². The molecule has 0 spiro atoms. The van der Waals surface area contributed by atoms with Gasteiger partial charge in [-0.25, -0.2) is 0 Å². The molecule has 15 heavy (non-hydrogen) atoms. The van der Waals surface area contributed by atoms with Crippen LogP contribution in [0.4, 0.5) is 5.69 Å². The summed E-state index contributed by atoms with van der Waals surface area (Å²) in [6.45, 7) is 0. The van der Waals surface area contributed by atoms with Gasteiger partial charge in [-0.1, -0.05) is 0 Å². The fraction of sp³-hybridized carbons (Fsp3) is 0.400. The van der Waals surface area contributed by atoms with Crippen LogP contribution < -0.4 is 10.5 Å². The Morgan fingerprint density at radius 3 is 2.67 bits per heavy atom. The van der Waals surface area contributed by atoms with E-state index in [1.54, 1.807) is 18.2 Å². The lowest BCUT2D eigenvalue weighted by Gasteiger charge is -2.18. The predicted octanol–water partition coefficient (Wildman–Crippen LogP) is 0.601. The molecule has 0 saturated carbocycles. The Morgan fingerprint density at radius 2 is 2.13 bits per heavy atom. The minimum atomic E-state index is -1.04. The van der Waals surface area contributed by atoms with E-state index in [9.17, 15) is 10.2 Å². The molecule has 0 aliphatic carbocycles. The molecular formula is C10H15NO3S. The smallest absolute Gasteiger partial charge is 0.119 e. The molecule has 1 aromatic rings. The van der Waals surface area contributed by atoms with Crippen molar-refractivity contribution < 1.29 is 14.9 Å². The van der Waals surface area contributed by atoms with Crippen LogP contribution >= 0.6 is 12.6 Å². The number of nitrogen functional groups attached to an aromatic ring is 1. The van der Waals surface area contributed by atoms with Gasteiger partial charge in [-0.3, -0.25) is 0 Å². The third-order valence-electron chi connectivity index (χ3n) is 2.16. The van der Waals surface area contributed by atoms with E-state index >= 15 is 0 Å². The molecule has 0 heterocycles. The number of benzene rings is 1. The number of ether oxygens (including phenoxy) is 1. The van der Waals surface area contributed by atoms with Crippen molar-refractivity contribution in [3.63, 3.8) is 0 Å². The van der Waals surface area contributed by atoms with E-state index in [1.165, 1.54) is 7.11 Å². The Labute approximate surface area is 94.1 Å². The van der Waals surface area contributed by atoms with Gasteiger partial charge in [0.1, 0.15) is 11.9 Å². The highest BCUT2D eigenvalue weighted by Crippen LogP contribution is 2.27. The standard InChI is InChI=1S/C10H15NO3S/c1-14-6-2-3-8(11)7(4-6)10(13)9(12)5-15/h2-4,9-10,12-13,15H,5,11H2,1H3. The molecule has 2 unspecified atom stereocenters. The van der Waals surface area contributed by atoms with E-state index in [0.717, 1.165) is 0 Å². The van der Waals surface area contributed by atoms with Crippen molar-refractivity contribution in [3.8, 4) is 5.75 Å². The first-order valence-corrected chi connectivity index (χ1v) is 5.13. The number of hydrogen-bond acceptors (Lipinski definition) is 5. The molecule has 1 rings (SSSR count). The Kier molecular flexibility index (Phi) is 4.26. The summed E-state index contributed by atoms with van der Waals surface area (Å²) in [6.07, 6.45) is -1.99. The van der Waals surface area contributed by atoms with Gasteiger partial charge < -0.3 is 20.7 Å². The van der Waals surface area contributed by atoms with Gasteiger partial charge in [-0.2, -0.15) is 12.6 Å². The molecule has 0 aliphatic rings. The van der Waals surface area contributed by atoms with Crippen molar-refractivity contribution >= 4 is 18.3 Å². The molecule has 0 radical (unpaired) electrons. The van der Waals surface area contributed by atoms with Crippen molar-refractivity contribution in [2.75, 3.05) is 18.6 Å². The SMILES string of the molecule is COc1ccc(N)c(C(O)C(O)CS)c1. The molecular weight excluding hydrogens is 214 g/mol. The Hall–Kier alpha value is -0.910. The molecule has 0 fully saturated rings. The van der Waals surface area contributed by atoms with Crippen LogP contribution in [0.5, 0.6) is 5.75 Å². The van der Waals surface area contributed by atoms with Gasteiger partial charge >= 0.3 is 0 Å². The maximum absolute atomic E-state index is 9.76. The van der Waals surface area contributed by atoms with Crippen molar-refractivity contribution in [3.05, 3.63) is 23.8 Å². The summed E-state index contributed by atoms with van der Waals surface area (Å²) in [4.78, 5) is 0. The minimum absolute atomic E-state index is 0.165. The number of thiol groups is 1. The van der Waals surface area contributed by atoms with Crippen LogP contribution in [-0.2, 0) is 0 Å². The number of aliphatic hydroxyl groups is 2. The van der Waals surface area contributed by atoms with Gasteiger partial charge in [0.2, 0.25) is 0 Å². The van der Waals surface area contributed by atoms with Crippen LogP contribution in [0.25, 0.3) is 0 Å². The number of methoxy groups -OCH3 is 1. The highest BCUT2D eigenvalue weighted by atomic mass is 32.1. The molecule has 0 aliphatic heterocycles. The van der Waals surface area contributed by atoms with Gasteiger partial charge in [-0.15, -0.1) is 0 Å². The summed E-state index contributed by atoms with van der Waals surface area (Å²) in [6, 6.07) is 4.92. The third-order valence-corrected chi connectivity index (χ3v) is 2.54. The van der Waals surface area contributed by atoms with Crippen molar-refractivity contribution in [1.82, 2.24) is 0 Å². The molecule has 4 nitrogen and oxygen atoms in total. The molecule has 0 amide bonds. The first kappa shape index (κ1) is 12.2. The van der Waals surface area contributed by atoms with E-state index in [0.29, 0.717) is 17.0 Å². The number of rotatable bonds is 4. The van der Waals surface area contributed by atoms with E-state index < -0.39 is 12.2 Å². The number of nitrogens with two attached hydrogens (primary N) is 1. The Bertz CT molecular complexity index is 332. The summed E-state index contributed by atoms with van der Waals surface area (Å²) >= 11 is 3.91. The van der Waals surface area contributed by atoms with Crippen molar-refractivity contribution in [1.29, 1.82) is 0 Å². The van der Waals surface area contributed by atoms with Gasteiger partial charge in [0, 0.05) is 17.0 Å². The second kappa shape index (κ2) is 5.25. The number of hydrogen-bond donors (Lipinski definition) is 4. The van der Waals surface area contributed by atoms with Gasteiger partial charge in [0.25, 0.3) is 0 Å². The van der Waals surface area contributed by atoms with E-state index in [1.807, 2.05) is 0 Å². The topological polar surface area (TPSA) is 75.7 Å². The number of anilines is 1. The molecule has 1 aromatic carbocycles. The molecule has 0 saturated heterocycles. The lowest BCUT2D eigenvalue weighted by Crippen LogP contribution is -2.20. The second-order valence-electron chi connectivity index (χ2n) is 3.19. The van der Waals surface area contributed by atoms with Crippen molar-refractivity contribution in [2.45, 2.75) is 12.2 Å². The average Bonchev–Trinajstić information content (AvgIpc) is 2.27. The Morgan fingerprint density at radius 1 is 1.47 bits per heavy atom. The summed E-state index contributed by atoms with van der Waals surface area (Å²) in [5, 5.41) is 19.2. The fourth-order valence-corrected chi connectivity index (χ4v) is 1.44. The summed E-state index contributed by atoms with van der Waals surface area (Å²) in [7, 11) is 1.52. The number of aliphatic hydroxyl groups excluding tert-OH is 2. The lowest BCUT2D eigenvalue weighted by molar-refractivity contribution is 0.0341. The maximum Gasteiger partial charge on any atom is 0.119 e. The highest BCUT2D eigenvalue weighted by Gasteiger charge is 2.19. The second-order valence-corrected chi connectivity index (χ2v) is 3.55. The molecule has 0 bridgehead atoms. The first-order chi connectivity index (χ1) is 7.10. The van der Waals surface area contributed by atoms with Gasteiger partial charge in [0.05, 0.1) is 13.2 Å². The minimum Gasteiger partial charge on any atom is -0.497 e. The molecule has 4 N–H and O–H groups in total. The molecule has 84 valence electrons. The monoisotopic (exact) mass is 229 g/mol.